The van der Waals surface area contributed by atoms with Gasteiger partial charge in [-0.15, -0.1) is 0 Å². The van der Waals surface area contributed by atoms with E-state index in [1.165, 1.54) is 36.4 Å². The third-order valence-electron chi connectivity index (χ3n) is 4.06. The highest BCUT2D eigenvalue weighted by Gasteiger charge is 2.11. The number of hydrogen-bond donors (Lipinski definition) is 10. The van der Waals surface area contributed by atoms with E-state index in [1.807, 2.05) is 27.7 Å². The molecule has 2 unspecified atom stereocenters. The normalized spacial score (nSPS) is 12.9. The third kappa shape index (κ3) is 17.4. The summed E-state index contributed by atoms with van der Waals surface area (Å²) in [6.45, 7) is 8.69. The van der Waals surface area contributed by atoms with Gasteiger partial charge in [0.1, 0.15) is 23.0 Å². The number of hydrogen-bond acceptors (Lipinski definition) is 10. The van der Waals surface area contributed by atoms with Crippen molar-refractivity contribution in [3.8, 4) is 23.0 Å². The maximum atomic E-state index is 9.73. The van der Waals surface area contributed by atoms with E-state index in [0.717, 1.165) is 0 Å². The van der Waals surface area contributed by atoms with Crippen molar-refractivity contribution in [2.75, 3.05) is 13.1 Å². The fourth-order valence-corrected chi connectivity index (χ4v) is 2.55. The van der Waals surface area contributed by atoms with Crippen LogP contribution in [-0.4, -0.2) is 73.3 Å². The quantitative estimate of drug-likeness (QED) is 0.224. The van der Waals surface area contributed by atoms with Crippen LogP contribution in [0.25, 0.3) is 0 Å². The van der Waals surface area contributed by atoms with E-state index < -0.39 is 22.6 Å². The Morgan fingerprint density at radius 2 is 0.857 bits per heavy atom. The second kappa shape index (κ2) is 15.4. The lowest BCUT2D eigenvalue weighted by Gasteiger charge is -2.14. The molecule has 0 amide bonds. The number of aromatic hydroxyl groups is 4. The molecule has 35 heavy (non-hydrogen) atoms. The smallest absolute Gasteiger partial charge is 0.394 e. The minimum atomic E-state index is -4.67. The Kier molecular flexibility index (Phi) is 14.2. The molecule has 0 aliphatic heterocycles. The summed E-state index contributed by atoms with van der Waals surface area (Å²) in [4.78, 5) is 0. The van der Waals surface area contributed by atoms with E-state index in [9.17, 15) is 30.6 Å². The first-order valence-corrected chi connectivity index (χ1v) is 12.0. The van der Waals surface area contributed by atoms with Gasteiger partial charge in [0.15, 0.2) is 0 Å². The molecule has 10 N–H and O–H groups in total. The summed E-state index contributed by atoms with van der Waals surface area (Å²) in [6.07, 6.45) is -1.46. The summed E-state index contributed by atoms with van der Waals surface area (Å²) in [5.41, 5.74) is 1.00. The van der Waals surface area contributed by atoms with Crippen LogP contribution in [0.5, 0.6) is 23.0 Å². The van der Waals surface area contributed by atoms with Gasteiger partial charge in [-0.1, -0.05) is 27.7 Å². The maximum absolute atomic E-state index is 9.73. The highest BCUT2D eigenvalue weighted by Crippen LogP contribution is 2.25. The number of nitrogens with one attached hydrogen (secondary N) is 2. The lowest BCUT2D eigenvalue weighted by molar-refractivity contribution is 0.170. The first kappa shape index (κ1) is 32.4. The molecule has 0 saturated carbocycles. The minimum Gasteiger partial charge on any atom is -0.508 e. The largest absolute Gasteiger partial charge is 0.508 e. The van der Waals surface area contributed by atoms with Crippen molar-refractivity contribution in [1.29, 1.82) is 0 Å². The molecular weight excluding hydrogens is 484 g/mol. The van der Waals surface area contributed by atoms with E-state index >= 15 is 0 Å². The van der Waals surface area contributed by atoms with E-state index in [0.29, 0.717) is 24.2 Å². The summed E-state index contributed by atoms with van der Waals surface area (Å²) in [6, 6.07) is 8.77. The van der Waals surface area contributed by atoms with Crippen LogP contribution in [0.1, 0.15) is 51.0 Å². The van der Waals surface area contributed by atoms with Gasteiger partial charge in [-0.2, -0.15) is 8.42 Å². The van der Waals surface area contributed by atoms with Gasteiger partial charge in [0, 0.05) is 37.3 Å². The van der Waals surface area contributed by atoms with Crippen LogP contribution in [0.2, 0.25) is 0 Å². The molecule has 0 spiro atoms. The Morgan fingerprint density at radius 1 is 0.629 bits per heavy atom. The van der Waals surface area contributed by atoms with E-state index in [2.05, 4.69) is 10.6 Å². The van der Waals surface area contributed by atoms with Gasteiger partial charge >= 0.3 is 10.4 Å². The van der Waals surface area contributed by atoms with Gasteiger partial charge in [0.25, 0.3) is 0 Å². The molecule has 200 valence electrons. The van der Waals surface area contributed by atoms with Crippen LogP contribution in [-0.2, 0) is 10.4 Å². The van der Waals surface area contributed by atoms with Crippen molar-refractivity contribution >= 4 is 10.4 Å². The molecule has 0 aliphatic rings. The fraction of sp³-hybridized carbons (Fsp3) is 0.455. The second-order valence-electron chi connectivity index (χ2n) is 8.17. The Labute approximate surface area is 205 Å². The monoisotopic (exact) mass is 520 g/mol. The molecule has 2 aromatic rings. The van der Waals surface area contributed by atoms with Crippen LogP contribution in [0, 0.1) is 0 Å². The standard InChI is InChI=1S/2C11H17NO3.H2O4S/c2*1-7(2)12-6-11(15)8-3-9(13)5-10(14)4-8;1-5(2,3)4/h2*3-5,7,11-15H,6H2,1-2H3;(H2,1,2,3,4). The molecular formula is C22H36N2O10S. The summed E-state index contributed by atoms with van der Waals surface area (Å²) >= 11 is 0. The lowest BCUT2D eigenvalue weighted by Crippen LogP contribution is -2.27. The van der Waals surface area contributed by atoms with Gasteiger partial charge in [0.05, 0.1) is 12.2 Å². The zero-order valence-corrected chi connectivity index (χ0v) is 20.8. The summed E-state index contributed by atoms with van der Waals surface area (Å²) < 4.78 is 31.6. The van der Waals surface area contributed by atoms with Crippen LogP contribution in [0.15, 0.2) is 36.4 Å². The molecule has 2 aromatic carbocycles. The van der Waals surface area contributed by atoms with E-state index in [1.54, 1.807) is 0 Å². The molecule has 13 heteroatoms. The van der Waals surface area contributed by atoms with Gasteiger partial charge in [-0.25, -0.2) is 0 Å². The highest BCUT2D eigenvalue weighted by atomic mass is 32.3. The number of phenols is 4. The highest BCUT2D eigenvalue weighted by molar-refractivity contribution is 7.79. The first-order chi connectivity index (χ1) is 16.0. The van der Waals surface area contributed by atoms with E-state index in [-0.39, 0.29) is 35.1 Å². The molecule has 0 heterocycles. The Hall–Kier alpha value is -2.65. The van der Waals surface area contributed by atoms with Crippen molar-refractivity contribution in [3.63, 3.8) is 0 Å². The molecule has 0 radical (unpaired) electrons. The number of rotatable bonds is 8. The van der Waals surface area contributed by atoms with Crippen molar-refractivity contribution in [3.05, 3.63) is 47.5 Å². The van der Waals surface area contributed by atoms with Crippen LogP contribution in [0.3, 0.4) is 0 Å². The second-order valence-corrected chi connectivity index (χ2v) is 9.07. The average molecular weight is 521 g/mol. The molecule has 2 atom stereocenters. The van der Waals surface area contributed by atoms with Gasteiger partial charge in [-0.05, 0) is 35.4 Å². The lowest BCUT2D eigenvalue weighted by atomic mass is 10.1. The van der Waals surface area contributed by atoms with Gasteiger partial charge in [0.2, 0.25) is 0 Å². The first-order valence-electron chi connectivity index (χ1n) is 10.6. The van der Waals surface area contributed by atoms with Gasteiger partial charge < -0.3 is 41.3 Å². The fourth-order valence-electron chi connectivity index (χ4n) is 2.55. The predicted octanol–water partition coefficient (Wildman–Crippen LogP) is 1.61. The Bertz CT molecular complexity index is 886. The van der Waals surface area contributed by atoms with Crippen molar-refractivity contribution in [1.82, 2.24) is 10.6 Å². The van der Waals surface area contributed by atoms with Crippen molar-refractivity contribution < 1.29 is 48.2 Å². The SMILES string of the molecule is CC(C)NCC(O)c1cc(O)cc(O)c1.CC(C)NCC(O)c1cc(O)cc(O)c1.O=S(=O)(O)O. The number of benzene rings is 2. The average Bonchev–Trinajstić information content (AvgIpc) is 2.68. The molecule has 2 rings (SSSR count). The van der Waals surface area contributed by atoms with Crippen LogP contribution in [0.4, 0.5) is 0 Å². The maximum Gasteiger partial charge on any atom is 0.394 e. The van der Waals surface area contributed by atoms with Crippen LogP contribution >= 0.6 is 0 Å². The van der Waals surface area contributed by atoms with Crippen LogP contribution < -0.4 is 10.6 Å². The molecule has 0 bridgehead atoms. The predicted molar refractivity (Wildman–Crippen MR) is 130 cm³/mol. The Balaban J connectivity index is 0.000000555. The molecule has 0 fully saturated rings. The molecule has 0 aromatic heterocycles. The minimum absolute atomic E-state index is 0.0476. The zero-order chi connectivity index (χ0) is 27.3. The zero-order valence-electron chi connectivity index (χ0n) is 20.0. The summed E-state index contributed by atoms with van der Waals surface area (Å²) in [5, 5.41) is 62.5. The van der Waals surface area contributed by atoms with Gasteiger partial charge in [-0.3, -0.25) is 9.11 Å². The number of aliphatic hydroxyl groups excluding tert-OH is 2. The van der Waals surface area contributed by atoms with E-state index in [4.69, 9.17) is 17.5 Å². The molecule has 12 nitrogen and oxygen atoms in total. The van der Waals surface area contributed by atoms with Crippen molar-refractivity contribution in [2.45, 2.75) is 52.0 Å². The number of aliphatic hydroxyl groups is 2. The topological polar surface area (TPSA) is 220 Å². The molecule has 0 aliphatic carbocycles. The third-order valence-corrected chi connectivity index (χ3v) is 4.06. The molecule has 0 saturated heterocycles. The van der Waals surface area contributed by atoms with Crippen molar-refractivity contribution in [2.24, 2.45) is 0 Å². The summed E-state index contributed by atoms with van der Waals surface area (Å²) in [5.74, 6) is -0.190. The Morgan fingerprint density at radius 3 is 1.06 bits per heavy atom. The number of phenolic OH excluding ortho intramolecular Hbond substituents is 4. The summed E-state index contributed by atoms with van der Waals surface area (Å²) in [7, 11) is -4.67.